The van der Waals surface area contributed by atoms with Gasteiger partial charge in [0.2, 0.25) is 0 Å². The maximum absolute atomic E-state index is 10.6. The van der Waals surface area contributed by atoms with Gasteiger partial charge in [0.1, 0.15) is 0 Å². The van der Waals surface area contributed by atoms with Gasteiger partial charge in [0, 0.05) is 45.0 Å². The Balaban J connectivity index is 1.31. The number of rotatable bonds is 4. The van der Waals surface area contributed by atoms with E-state index < -0.39 is 0 Å². The van der Waals surface area contributed by atoms with Gasteiger partial charge in [-0.1, -0.05) is 30.3 Å². The number of aliphatic hydroxyl groups excluding tert-OH is 1. The van der Waals surface area contributed by atoms with Crippen LogP contribution in [0.1, 0.15) is 22.3 Å². The average Bonchev–Trinajstić information content (AvgIpc) is 2.61. The molecule has 4 heteroatoms. The van der Waals surface area contributed by atoms with Crippen molar-refractivity contribution >= 4 is 5.69 Å². The zero-order chi connectivity index (χ0) is 17.2. The highest BCUT2D eigenvalue weighted by atomic mass is 16.3. The van der Waals surface area contributed by atoms with Crippen molar-refractivity contribution in [1.82, 2.24) is 9.80 Å². The van der Waals surface area contributed by atoms with Gasteiger partial charge >= 0.3 is 0 Å². The molecule has 0 radical (unpaired) electrons. The number of aliphatic hydroxyl groups is 1. The summed E-state index contributed by atoms with van der Waals surface area (Å²) in [5.74, 6) is 0. The van der Waals surface area contributed by atoms with Gasteiger partial charge in [0.05, 0.1) is 6.10 Å². The van der Waals surface area contributed by atoms with E-state index in [1.807, 2.05) is 6.07 Å². The molecule has 3 N–H and O–H groups in total. The van der Waals surface area contributed by atoms with Gasteiger partial charge in [-0.05, 0) is 47.2 Å². The second-order valence-corrected chi connectivity index (χ2v) is 7.42. The molecule has 2 heterocycles. The van der Waals surface area contributed by atoms with E-state index in [0.717, 1.165) is 57.8 Å². The first-order valence-corrected chi connectivity index (χ1v) is 9.24. The third-order valence-electron chi connectivity index (χ3n) is 5.47. The van der Waals surface area contributed by atoms with Crippen molar-refractivity contribution in [1.29, 1.82) is 0 Å². The van der Waals surface area contributed by atoms with E-state index in [1.165, 1.54) is 22.3 Å². The van der Waals surface area contributed by atoms with Crippen LogP contribution in [0, 0.1) is 0 Å². The first kappa shape index (κ1) is 16.6. The zero-order valence-electron chi connectivity index (χ0n) is 14.7. The van der Waals surface area contributed by atoms with Gasteiger partial charge in [0.15, 0.2) is 0 Å². The number of nitrogens with two attached hydrogens (primary N) is 1. The lowest BCUT2D eigenvalue weighted by atomic mass is 9.98. The number of anilines is 1. The van der Waals surface area contributed by atoms with Crippen LogP contribution < -0.4 is 5.73 Å². The predicted octanol–water partition coefficient (Wildman–Crippen LogP) is 2.05. The van der Waals surface area contributed by atoms with Crippen LogP contribution in [0.3, 0.4) is 0 Å². The van der Waals surface area contributed by atoms with Crippen LogP contribution >= 0.6 is 0 Å². The molecule has 25 heavy (non-hydrogen) atoms. The molecule has 0 aromatic heterocycles. The fourth-order valence-corrected chi connectivity index (χ4v) is 4.15. The van der Waals surface area contributed by atoms with Crippen LogP contribution in [0.2, 0.25) is 0 Å². The molecule has 2 aliphatic rings. The van der Waals surface area contributed by atoms with E-state index in [0.29, 0.717) is 0 Å². The van der Waals surface area contributed by atoms with Crippen molar-refractivity contribution in [3.63, 3.8) is 0 Å². The molecule has 2 aliphatic heterocycles. The van der Waals surface area contributed by atoms with Gasteiger partial charge in [-0.3, -0.25) is 9.80 Å². The number of hydrogen-bond donors (Lipinski definition) is 2. The van der Waals surface area contributed by atoms with E-state index in [-0.39, 0.29) is 6.10 Å². The maximum atomic E-state index is 10.6. The quantitative estimate of drug-likeness (QED) is 0.839. The Morgan fingerprint density at radius 3 is 2.16 bits per heavy atom. The summed E-state index contributed by atoms with van der Waals surface area (Å²) >= 11 is 0. The van der Waals surface area contributed by atoms with Crippen molar-refractivity contribution in [3.8, 4) is 0 Å². The summed E-state index contributed by atoms with van der Waals surface area (Å²) in [6.07, 6.45) is 1.80. The summed E-state index contributed by atoms with van der Waals surface area (Å²) in [5.41, 5.74) is 12.3. The van der Waals surface area contributed by atoms with Crippen LogP contribution in [0.4, 0.5) is 5.69 Å². The highest BCUT2D eigenvalue weighted by molar-refractivity contribution is 5.45. The molecule has 132 valence electrons. The Kier molecular flexibility index (Phi) is 4.75. The van der Waals surface area contributed by atoms with Gasteiger partial charge in [0.25, 0.3) is 0 Å². The monoisotopic (exact) mass is 337 g/mol. The Bertz CT molecular complexity index is 746. The molecular weight excluding hydrogens is 310 g/mol. The van der Waals surface area contributed by atoms with Gasteiger partial charge in [-0.15, -0.1) is 0 Å². The van der Waals surface area contributed by atoms with Crippen LogP contribution in [-0.4, -0.2) is 47.2 Å². The fraction of sp³-hybridized carbons (Fsp3) is 0.429. The number of hydrogen-bond acceptors (Lipinski definition) is 4. The van der Waals surface area contributed by atoms with Gasteiger partial charge < -0.3 is 10.8 Å². The van der Waals surface area contributed by atoms with E-state index in [1.54, 1.807) is 0 Å². The molecule has 0 aliphatic carbocycles. The molecule has 1 atom stereocenters. The summed E-state index contributed by atoms with van der Waals surface area (Å²) in [6, 6.07) is 14.9. The average molecular weight is 337 g/mol. The van der Waals surface area contributed by atoms with E-state index >= 15 is 0 Å². The fourth-order valence-electron chi connectivity index (χ4n) is 4.15. The maximum Gasteiger partial charge on any atom is 0.0794 e. The lowest BCUT2D eigenvalue weighted by Crippen LogP contribution is -2.43. The third kappa shape index (κ3) is 3.87. The normalized spacial score (nSPS) is 19.2. The van der Waals surface area contributed by atoms with Crippen molar-refractivity contribution in [3.05, 3.63) is 64.7 Å². The molecular formula is C21H27N3O. The van der Waals surface area contributed by atoms with Gasteiger partial charge in [-0.2, -0.15) is 0 Å². The Hall–Kier alpha value is -1.88. The molecule has 4 nitrogen and oxygen atoms in total. The van der Waals surface area contributed by atoms with E-state index in [2.05, 4.69) is 46.2 Å². The molecule has 1 unspecified atom stereocenters. The smallest absolute Gasteiger partial charge is 0.0794 e. The molecule has 4 rings (SSSR count). The largest absolute Gasteiger partial charge is 0.399 e. The van der Waals surface area contributed by atoms with Crippen LogP contribution in [0.15, 0.2) is 42.5 Å². The standard InChI is InChI=1S/C21H27N3O/c22-20-6-5-19-13-24(10-8-17(19)11-20)15-21(25)14-23-9-7-16-3-1-2-4-18(16)12-23/h1-6,11,21,25H,7-10,12-15,22H2. The number of nitrogen functional groups attached to an aromatic ring is 1. The second kappa shape index (κ2) is 7.16. The molecule has 0 amide bonds. The minimum Gasteiger partial charge on any atom is -0.399 e. The van der Waals surface area contributed by atoms with Crippen molar-refractivity contribution in [2.45, 2.75) is 32.0 Å². The number of nitrogens with zero attached hydrogens (tertiary/aromatic N) is 2. The van der Waals surface area contributed by atoms with Crippen LogP contribution in [-0.2, 0) is 25.9 Å². The lowest BCUT2D eigenvalue weighted by Gasteiger charge is -2.34. The summed E-state index contributed by atoms with van der Waals surface area (Å²) in [7, 11) is 0. The molecule has 2 aromatic rings. The Morgan fingerprint density at radius 1 is 0.840 bits per heavy atom. The number of benzene rings is 2. The summed E-state index contributed by atoms with van der Waals surface area (Å²) < 4.78 is 0. The van der Waals surface area contributed by atoms with Crippen LogP contribution in [0.5, 0.6) is 0 Å². The lowest BCUT2D eigenvalue weighted by molar-refractivity contribution is 0.0648. The zero-order valence-corrected chi connectivity index (χ0v) is 14.7. The van der Waals surface area contributed by atoms with E-state index in [9.17, 15) is 5.11 Å². The minimum absolute atomic E-state index is 0.305. The summed E-state index contributed by atoms with van der Waals surface area (Å²) in [4.78, 5) is 4.74. The third-order valence-corrected chi connectivity index (χ3v) is 5.47. The summed E-state index contributed by atoms with van der Waals surface area (Å²) in [6.45, 7) is 5.39. The molecule has 0 fully saturated rings. The number of fused-ring (bicyclic) bond motifs is 2. The molecule has 0 saturated heterocycles. The second-order valence-electron chi connectivity index (χ2n) is 7.42. The summed E-state index contributed by atoms with van der Waals surface area (Å²) in [5, 5.41) is 10.6. The molecule has 2 aromatic carbocycles. The highest BCUT2D eigenvalue weighted by Gasteiger charge is 2.22. The Labute approximate surface area is 149 Å². The van der Waals surface area contributed by atoms with Crippen molar-refractivity contribution in [2.24, 2.45) is 0 Å². The Morgan fingerprint density at radius 2 is 1.44 bits per heavy atom. The molecule has 0 bridgehead atoms. The number of β-amino-alcohol motifs (C(OH)–C–C–N with tert-alkyl or cyclic N) is 1. The van der Waals surface area contributed by atoms with Crippen molar-refractivity contribution < 1.29 is 5.11 Å². The first-order valence-electron chi connectivity index (χ1n) is 9.24. The highest BCUT2D eigenvalue weighted by Crippen LogP contribution is 2.22. The topological polar surface area (TPSA) is 52.7 Å². The molecule has 0 saturated carbocycles. The van der Waals surface area contributed by atoms with Crippen LogP contribution in [0.25, 0.3) is 0 Å². The minimum atomic E-state index is -0.305. The van der Waals surface area contributed by atoms with Crippen molar-refractivity contribution in [2.75, 3.05) is 31.9 Å². The predicted molar refractivity (Wildman–Crippen MR) is 101 cm³/mol. The van der Waals surface area contributed by atoms with E-state index in [4.69, 9.17) is 5.73 Å². The SMILES string of the molecule is Nc1ccc2c(c1)CCN(CC(O)CN1CCc3ccccc3C1)C2. The molecule has 0 spiro atoms. The van der Waals surface area contributed by atoms with Gasteiger partial charge in [-0.25, -0.2) is 0 Å². The first-order chi connectivity index (χ1) is 12.2.